The molecule has 0 bridgehead atoms. The zero-order chi connectivity index (χ0) is 20.8. The molecule has 8 heteroatoms. The summed E-state index contributed by atoms with van der Waals surface area (Å²) in [4.78, 5) is 31.4. The highest BCUT2D eigenvalue weighted by Crippen LogP contribution is 2.32. The van der Waals surface area contributed by atoms with Crippen LogP contribution in [-0.2, 0) is 9.59 Å². The van der Waals surface area contributed by atoms with Crippen LogP contribution in [0.25, 0.3) is 0 Å². The summed E-state index contributed by atoms with van der Waals surface area (Å²) in [6.07, 6.45) is 1.70. The number of halogens is 1. The summed E-state index contributed by atoms with van der Waals surface area (Å²) in [6, 6.07) is 14.6. The van der Waals surface area contributed by atoms with Crippen molar-refractivity contribution in [2.45, 2.75) is 11.7 Å². The predicted molar refractivity (Wildman–Crippen MR) is 121 cm³/mol. The Morgan fingerprint density at radius 3 is 2.69 bits per heavy atom. The van der Waals surface area contributed by atoms with Crippen LogP contribution in [-0.4, -0.2) is 40.8 Å². The lowest BCUT2D eigenvalue weighted by molar-refractivity contribution is -0.127. The number of ether oxygens (including phenoxy) is 1. The van der Waals surface area contributed by atoms with Crippen molar-refractivity contribution in [3.63, 3.8) is 0 Å². The molecule has 1 aliphatic rings. The highest BCUT2D eigenvalue weighted by Gasteiger charge is 2.38. The molecule has 0 aliphatic carbocycles. The third kappa shape index (κ3) is 5.27. The molecule has 29 heavy (non-hydrogen) atoms. The van der Waals surface area contributed by atoms with Crippen molar-refractivity contribution < 1.29 is 14.3 Å². The van der Waals surface area contributed by atoms with Gasteiger partial charge in [-0.05, 0) is 52.3 Å². The highest BCUT2D eigenvalue weighted by molar-refractivity contribution is 9.10. The molecule has 2 aromatic carbocycles. The van der Waals surface area contributed by atoms with E-state index in [0.29, 0.717) is 23.1 Å². The molecule has 1 atom stereocenters. The van der Waals surface area contributed by atoms with Crippen molar-refractivity contribution in [1.82, 2.24) is 4.90 Å². The second-order valence-corrected chi connectivity index (χ2v) is 8.19. The van der Waals surface area contributed by atoms with E-state index in [9.17, 15) is 9.59 Å². The Morgan fingerprint density at radius 2 is 2.03 bits per heavy atom. The van der Waals surface area contributed by atoms with Crippen molar-refractivity contribution in [3.8, 4) is 5.75 Å². The summed E-state index contributed by atoms with van der Waals surface area (Å²) < 4.78 is 5.94. The third-order valence-corrected chi connectivity index (χ3v) is 6.01. The summed E-state index contributed by atoms with van der Waals surface area (Å²) in [6.45, 7) is 4.05. The van der Waals surface area contributed by atoms with Crippen molar-refractivity contribution in [2.24, 2.45) is 4.99 Å². The molecule has 1 heterocycles. The molecule has 3 rings (SSSR count). The Labute approximate surface area is 182 Å². The number of aliphatic imine (C=N–C) groups is 1. The van der Waals surface area contributed by atoms with Crippen LogP contribution < -0.4 is 10.1 Å². The summed E-state index contributed by atoms with van der Waals surface area (Å²) in [5.41, 5.74) is 1.37. The lowest BCUT2D eigenvalue weighted by Crippen LogP contribution is -2.33. The quantitative estimate of drug-likeness (QED) is 0.596. The van der Waals surface area contributed by atoms with Crippen LogP contribution >= 0.6 is 27.7 Å². The van der Waals surface area contributed by atoms with E-state index in [-0.39, 0.29) is 18.2 Å². The van der Waals surface area contributed by atoms with Gasteiger partial charge >= 0.3 is 0 Å². The van der Waals surface area contributed by atoms with Gasteiger partial charge in [0.05, 0.1) is 18.5 Å². The predicted octanol–water partition coefficient (Wildman–Crippen LogP) is 4.60. The van der Waals surface area contributed by atoms with Crippen LogP contribution in [0, 0.1) is 0 Å². The first kappa shape index (κ1) is 21.1. The van der Waals surface area contributed by atoms with E-state index in [2.05, 4.69) is 32.8 Å². The van der Waals surface area contributed by atoms with Crippen molar-refractivity contribution in [1.29, 1.82) is 0 Å². The number of hydrogen-bond acceptors (Lipinski definition) is 5. The van der Waals surface area contributed by atoms with E-state index in [1.165, 1.54) is 11.8 Å². The summed E-state index contributed by atoms with van der Waals surface area (Å²) in [7, 11) is 1.60. The fourth-order valence-electron chi connectivity index (χ4n) is 2.72. The Kier molecular flexibility index (Phi) is 7.11. The maximum absolute atomic E-state index is 12.8. The molecule has 2 amide bonds. The fourth-order valence-corrected chi connectivity index (χ4v) is 4.27. The van der Waals surface area contributed by atoms with Gasteiger partial charge in [-0.2, -0.15) is 0 Å². The van der Waals surface area contributed by atoms with E-state index in [1.807, 2.05) is 30.3 Å². The van der Waals surface area contributed by atoms with Crippen LogP contribution in [0.4, 0.5) is 11.4 Å². The summed E-state index contributed by atoms with van der Waals surface area (Å²) in [5.74, 6) is 0.352. The number of benzene rings is 2. The van der Waals surface area contributed by atoms with E-state index < -0.39 is 5.25 Å². The number of methoxy groups -OCH3 is 1. The number of nitrogens with one attached hydrogen (secondary N) is 1. The molecule has 2 aromatic rings. The molecule has 0 radical (unpaired) electrons. The number of nitrogens with zero attached hydrogens (tertiary/aromatic N) is 2. The fraction of sp³-hybridized carbons (Fsp3) is 0.190. The van der Waals surface area contributed by atoms with Crippen LogP contribution in [0.1, 0.15) is 6.42 Å². The number of carbonyl (C=O) groups is 2. The number of amides is 2. The molecule has 1 saturated heterocycles. The number of amidine groups is 1. The van der Waals surface area contributed by atoms with Crippen molar-refractivity contribution in [2.75, 3.05) is 19.0 Å². The average Bonchev–Trinajstić information content (AvgIpc) is 2.99. The van der Waals surface area contributed by atoms with Gasteiger partial charge in [-0.1, -0.05) is 30.0 Å². The van der Waals surface area contributed by atoms with Crippen LogP contribution in [0.2, 0.25) is 0 Å². The standard InChI is InChI=1S/C21H20BrN3O3S/c1-3-12-25-20(27)18(13-19(26)24-17-7-5-4-6-16(17)22)29-21(25)23-14-8-10-15(28-2)11-9-14/h3-11,18H,1,12-13H2,2H3,(H,24,26)/t18-/m0/s1. The average molecular weight is 474 g/mol. The number of hydrogen-bond donors (Lipinski definition) is 1. The minimum absolute atomic E-state index is 0.0557. The monoisotopic (exact) mass is 473 g/mol. The molecule has 0 aromatic heterocycles. The van der Waals surface area contributed by atoms with Crippen molar-refractivity contribution in [3.05, 3.63) is 65.7 Å². The first-order chi connectivity index (χ1) is 14.0. The van der Waals surface area contributed by atoms with Gasteiger partial charge in [0, 0.05) is 17.4 Å². The highest BCUT2D eigenvalue weighted by atomic mass is 79.9. The molecule has 0 saturated carbocycles. The van der Waals surface area contributed by atoms with Crippen molar-refractivity contribution >= 4 is 56.0 Å². The van der Waals surface area contributed by atoms with Crippen LogP contribution in [0.15, 0.2) is 70.7 Å². The van der Waals surface area contributed by atoms with E-state index in [4.69, 9.17) is 4.74 Å². The first-order valence-electron chi connectivity index (χ1n) is 8.88. The Balaban J connectivity index is 1.74. The Morgan fingerprint density at radius 1 is 1.31 bits per heavy atom. The van der Waals surface area contributed by atoms with E-state index in [0.717, 1.165) is 10.2 Å². The van der Waals surface area contributed by atoms with Gasteiger partial charge in [0.15, 0.2) is 5.17 Å². The maximum atomic E-state index is 12.8. The number of rotatable bonds is 7. The van der Waals surface area contributed by atoms with E-state index in [1.54, 1.807) is 36.3 Å². The summed E-state index contributed by atoms with van der Waals surface area (Å²) >= 11 is 4.69. The number of anilines is 1. The molecule has 0 spiro atoms. The Bertz CT molecular complexity index is 946. The molecule has 150 valence electrons. The minimum atomic E-state index is -0.533. The Hall–Kier alpha value is -2.58. The number of carbonyl (C=O) groups excluding carboxylic acids is 2. The molecule has 1 N–H and O–H groups in total. The molecule has 6 nitrogen and oxygen atoms in total. The second kappa shape index (κ2) is 9.76. The van der Waals surface area contributed by atoms with Gasteiger partial charge in [0.2, 0.25) is 11.8 Å². The normalized spacial score (nSPS) is 17.4. The topological polar surface area (TPSA) is 71.0 Å². The lowest BCUT2D eigenvalue weighted by Gasteiger charge is -2.14. The smallest absolute Gasteiger partial charge is 0.242 e. The minimum Gasteiger partial charge on any atom is -0.497 e. The molecule has 0 unspecified atom stereocenters. The van der Waals surface area contributed by atoms with Gasteiger partial charge in [-0.3, -0.25) is 14.5 Å². The van der Waals surface area contributed by atoms with Gasteiger partial charge in [0.25, 0.3) is 0 Å². The van der Waals surface area contributed by atoms with Gasteiger partial charge in [-0.15, -0.1) is 6.58 Å². The number of thioether (sulfide) groups is 1. The van der Waals surface area contributed by atoms with E-state index >= 15 is 0 Å². The maximum Gasteiger partial charge on any atom is 0.242 e. The van der Waals surface area contributed by atoms with Gasteiger partial charge in [-0.25, -0.2) is 4.99 Å². The largest absolute Gasteiger partial charge is 0.497 e. The van der Waals surface area contributed by atoms with Crippen LogP contribution in [0.3, 0.4) is 0 Å². The molecule has 1 fully saturated rings. The van der Waals surface area contributed by atoms with Gasteiger partial charge < -0.3 is 10.1 Å². The molecular formula is C21H20BrN3O3S. The molecular weight excluding hydrogens is 454 g/mol. The van der Waals surface area contributed by atoms with Crippen LogP contribution in [0.5, 0.6) is 5.75 Å². The lowest BCUT2D eigenvalue weighted by atomic mass is 10.2. The van der Waals surface area contributed by atoms with Gasteiger partial charge in [0.1, 0.15) is 11.0 Å². The number of para-hydroxylation sites is 1. The SMILES string of the molecule is C=CCN1C(=O)[C@H](CC(=O)Nc2ccccc2Br)SC1=Nc1ccc(OC)cc1. The first-order valence-corrected chi connectivity index (χ1v) is 10.5. The third-order valence-electron chi connectivity index (χ3n) is 4.15. The zero-order valence-corrected chi connectivity index (χ0v) is 18.2. The molecule has 1 aliphatic heterocycles. The zero-order valence-electron chi connectivity index (χ0n) is 15.8. The summed E-state index contributed by atoms with van der Waals surface area (Å²) in [5, 5.41) is 2.86. The second-order valence-electron chi connectivity index (χ2n) is 6.17.